The zero-order valence-corrected chi connectivity index (χ0v) is 21.8. The highest BCUT2D eigenvalue weighted by molar-refractivity contribution is 7.09. The second-order valence-electron chi connectivity index (χ2n) is 11.0. The van der Waals surface area contributed by atoms with E-state index in [0.29, 0.717) is 24.0 Å². The van der Waals surface area contributed by atoms with Gasteiger partial charge in [0.15, 0.2) is 0 Å². The number of rotatable bonds is 8. The standard InChI is InChI=1S/C26H40N6OS/c1-17(2)25-30-29-18(3)32(25)22-13-20-9-10-21(14-22)31(20)12-11-23(24-15-27-16-34-24)28-26(33)19-7-5-4-6-8-19/h15-17,19-23H,4-14H2,1-3H3,(H,28,33)/t20?,21?,22?,23-/m0/s1. The van der Waals surface area contributed by atoms with Crippen LogP contribution in [-0.4, -0.2) is 49.2 Å². The van der Waals surface area contributed by atoms with E-state index in [1.54, 1.807) is 11.3 Å². The van der Waals surface area contributed by atoms with Crippen molar-refractivity contribution in [1.29, 1.82) is 0 Å². The van der Waals surface area contributed by atoms with Gasteiger partial charge in [0.2, 0.25) is 5.91 Å². The molecule has 5 rings (SSSR count). The Bertz CT molecular complexity index is 937. The number of nitrogens with zero attached hydrogens (tertiary/aromatic N) is 5. The molecular weight excluding hydrogens is 444 g/mol. The van der Waals surface area contributed by atoms with Crippen molar-refractivity contribution < 1.29 is 4.79 Å². The van der Waals surface area contributed by atoms with Crippen LogP contribution in [0.5, 0.6) is 0 Å². The van der Waals surface area contributed by atoms with Gasteiger partial charge in [-0.3, -0.25) is 14.7 Å². The Morgan fingerprint density at radius 3 is 2.47 bits per heavy atom. The fourth-order valence-corrected chi connectivity index (χ4v) is 7.37. The van der Waals surface area contributed by atoms with Gasteiger partial charge in [-0.15, -0.1) is 21.5 Å². The van der Waals surface area contributed by atoms with Crippen LogP contribution < -0.4 is 5.32 Å². The van der Waals surface area contributed by atoms with Crippen LogP contribution in [0.4, 0.5) is 0 Å². The number of amides is 1. The molecule has 0 aromatic carbocycles. The molecule has 1 amide bonds. The minimum absolute atomic E-state index is 0.0756. The lowest BCUT2D eigenvalue weighted by Gasteiger charge is -2.40. The normalized spacial score (nSPS) is 26.8. The third-order valence-corrected chi connectivity index (χ3v) is 9.29. The number of piperidine rings is 1. The van der Waals surface area contributed by atoms with E-state index in [1.807, 2.05) is 11.7 Å². The summed E-state index contributed by atoms with van der Waals surface area (Å²) in [4.78, 5) is 21.3. The maximum atomic E-state index is 13.0. The third kappa shape index (κ3) is 4.94. The molecule has 3 aliphatic rings. The molecule has 4 heterocycles. The number of hydrogen-bond acceptors (Lipinski definition) is 6. The number of aryl methyl sites for hydroxylation is 1. The molecule has 2 aromatic heterocycles. The number of aromatic nitrogens is 4. The fraction of sp³-hybridized carbons (Fsp3) is 0.769. The van der Waals surface area contributed by atoms with E-state index in [1.165, 1.54) is 49.8 Å². The molecule has 3 atom stereocenters. The summed E-state index contributed by atoms with van der Waals surface area (Å²) < 4.78 is 2.43. The van der Waals surface area contributed by atoms with Gasteiger partial charge in [0.25, 0.3) is 0 Å². The van der Waals surface area contributed by atoms with Crippen molar-refractivity contribution in [2.75, 3.05) is 6.54 Å². The van der Waals surface area contributed by atoms with Crippen LogP contribution in [0.15, 0.2) is 11.7 Å². The van der Waals surface area contributed by atoms with Gasteiger partial charge in [-0.25, -0.2) is 0 Å². The maximum absolute atomic E-state index is 13.0. The zero-order valence-electron chi connectivity index (χ0n) is 20.9. The molecule has 2 bridgehead atoms. The van der Waals surface area contributed by atoms with Crippen LogP contribution in [0, 0.1) is 12.8 Å². The van der Waals surface area contributed by atoms with E-state index in [-0.39, 0.29) is 17.9 Å². The van der Waals surface area contributed by atoms with Crippen LogP contribution in [0.3, 0.4) is 0 Å². The molecular formula is C26H40N6OS. The summed E-state index contributed by atoms with van der Waals surface area (Å²) in [6, 6.07) is 1.81. The Labute approximate surface area is 207 Å². The number of carbonyl (C=O) groups is 1. The summed E-state index contributed by atoms with van der Waals surface area (Å²) in [5.41, 5.74) is 1.89. The first-order valence-corrected chi connectivity index (χ1v) is 14.2. The van der Waals surface area contributed by atoms with Gasteiger partial charge >= 0.3 is 0 Å². The molecule has 186 valence electrons. The minimum Gasteiger partial charge on any atom is -0.348 e. The number of carbonyl (C=O) groups excluding carboxylic acids is 1. The molecule has 34 heavy (non-hydrogen) atoms. The smallest absolute Gasteiger partial charge is 0.223 e. The first kappa shape index (κ1) is 23.9. The number of hydrogen-bond donors (Lipinski definition) is 1. The maximum Gasteiger partial charge on any atom is 0.223 e. The molecule has 2 aliphatic heterocycles. The van der Waals surface area contributed by atoms with Crippen LogP contribution in [0.25, 0.3) is 0 Å². The van der Waals surface area contributed by atoms with E-state index in [4.69, 9.17) is 0 Å². The Hall–Kier alpha value is -1.80. The zero-order chi connectivity index (χ0) is 23.7. The summed E-state index contributed by atoms with van der Waals surface area (Å²) in [6.07, 6.45) is 13.5. The van der Waals surface area contributed by atoms with Crippen molar-refractivity contribution >= 4 is 17.2 Å². The van der Waals surface area contributed by atoms with Gasteiger partial charge in [0, 0.05) is 47.6 Å². The predicted octanol–water partition coefficient (Wildman–Crippen LogP) is 5.16. The van der Waals surface area contributed by atoms with E-state index in [9.17, 15) is 4.79 Å². The first-order valence-electron chi connectivity index (χ1n) is 13.4. The van der Waals surface area contributed by atoms with E-state index in [2.05, 4.69) is 50.7 Å². The van der Waals surface area contributed by atoms with Crippen LogP contribution in [-0.2, 0) is 4.79 Å². The largest absolute Gasteiger partial charge is 0.348 e. The van der Waals surface area contributed by atoms with Crippen LogP contribution in [0.1, 0.15) is 113 Å². The Balaban J connectivity index is 1.23. The SMILES string of the molecule is Cc1nnc(C(C)C)n1C1CC2CCC(C1)N2CC[C@H](NC(=O)C1CCCCC1)c1cncs1. The first-order chi connectivity index (χ1) is 16.5. The highest BCUT2D eigenvalue weighted by Crippen LogP contribution is 2.42. The molecule has 2 saturated heterocycles. The quantitative estimate of drug-likeness (QED) is 0.560. The van der Waals surface area contributed by atoms with Crippen molar-refractivity contribution in [3.05, 3.63) is 28.2 Å². The second kappa shape index (κ2) is 10.4. The predicted molar refractivity (Wildman–Crippen MR) is 135 cm³/mol. The Kier molecular flexibility index (Phi) is 7.35. The fourth-order valence-electron chi connectivity index (χ4n) is 6.67. The summed E-state index contributed by atoms with van der Waals surface area (Å²) in [6.45, 7) is 7.56. The lowest BCUT2D eigenvalue weighted by molar-refractivity contribution is -0.126. The average molecular weight is 485 g/mol. The third-order valence-electron chi connectivity index (χ3n) is 8.40. The van der Waals surface area contributed by atoms with E-state index < -0.39 is 0 Å². The number of thiazole rings is 1. The van der Waals surface area contributed by atoms with Crippen molar-refractivity contribution in [3.63, 3.8) is 0 Å². The van der Waals surface area contributed by atoms with Gasteiger partial charge in [-0.1, -0.05) is 33.1 Å². The van der Waals surface area contributed by atoms with Crippen molar-refractivity contribution in [2.24, 2.45) is 5.92 Å². The van der Waals surface area contributed by atoms with Crippen molar-refractivity contribution in [3.8, 4) is 0 Å². The van der Waals surface area contributed by atoms with E-state index in [0.717, 1.165) is 37.5 Å². The molecule has 2 unspecified atom stereocenters. The molecule has 1 aliphatic carbocycles. The lowest BCUT2D eigenvalue weighted by atomic mass is 9.88. The summed E-state index contributed by atoms with van der Waals surface area (Å²) >= 11 is 1.67. The van der Waals surface area contributed by atoms with Gasteiger partial charge < -0.3 is 9.88 Å². The molecule has 0 spiro atoms. The van der Waals surface area contributed by atoms with Gasteiger partial charge in [0.1, 0.15) is 11.6 Å². The number of nitrogens with one attached hydrogen (secondary N) is 1. The van der Waals surface area contributed by atoms with Gasteiger partial charge in [-0.2, -0.15) is 0 Å². The summed E-state index contributed by atoms with van der Waals surface area (Å²) in [5, 5.41) is 12.3. The number of fused-ring (bicyclic) bond motifs is 2. The highest BCUT2D eigenvalue weighted by Gasteiger charge is 2.42. The van der Waals surface area contributed by atoms with Crippen LogP contribution in [0.2, 0.25) is 0 Å². The topological polar surface area (TPSA) is 75.9 Å². The van der Waals surface area contributed by atoms with Gasteiger partial charge in [-0.05, 0) is 51.9 Å². The molecule has 0 radical (unpaired) electrons. The lowest BCUT2D eigenvalue weighted by Crippen LogP contribution is -2.45. The molecule has 7 nitrogen and oxygen atoms in total. The van der Waals surface area contributed by atoms with Crippen molar-refractivity contribution in [2.45, 2.75) is 115 Å². The molecule has 1 saturated carbocycles. The summed E-state index contributed by atoms with van der Waals surface area (Å²) in [7, 11) is 0. The molecule has 8 heteroatoms. The van der Waals surface area contributed by atoms with Crippen molar-refractivity contribution in [1.82, 2.24) is 30.0 Å². The minimum atomic E-state index is 0.0756. The van der Waals surface area contributed by atoms with E-state index >= 15 is 0 Å². The average Bonchev–Trinajstić information content (AvgIpc) is 3.55. The Morgan fingerprint density at radius 2 is 1.82 bits per heavy atom. The Morgan fingerprint density at radius 1 is 1.09 bits per heavy atom. The highest BCUT2D eigenvalue weighted by atomic mass is 32.1. The molecule has 1 N–H and O–H groups in total. The molecule has 2 aromatic rings. The molecule has 3 fully saturated rings. The monoisotopic (exact) mass is 484 g/mol. The van der Waals surface area contributed by atoms with Crippen LogP contribution >= 0.6 is 11.3 Å². The van der Waals surface area contributed by atoms with Gasteiger partial charge in [0.05, 0.1) is 11.6 Å². The summed E-state index contributed by atoms with van der Waals surface area (Å²) in [5.74, 6) is 3.02. The second-order valence-corrected chi connectivity index (χ2v) is 11.9.